The molecular formula is C30H32ClN3OS. The highest BCUT2D eigenvalue weighted by Crippen LogP contribution is 2.36. The van der Waals surface area contributed by atoms with Gasteiger partial charge in [-0.05, 0) is 32.8 Å². The smallest absolute Gasteiger partial charge is 0.242 e. The van der Waals surface area contributed by atoms with Gasteiger partial charge in [0.15, 0.2) is 5.16 Å². The summed E-state index contributed by atoms with van der Waals surface area (Å²) in [5.41, 5.74) is 7.71. The van der Waals surface area contributed by atoms with E-state index in [4.69, 9.17) is 16.6 Å². The van der Waals surface area contributed by atoms with Crippen molar-refractivity contribution < 1.29 is 4.79 Å². The molecule has 0 aliphatic carbocycles. The molecule has 4 nitrogen and oxygen atoms in total. The minimum Gasteiger partial charge on any atom is -0.354 e. The molecular weight excluding hydrogens is 486 g/mol. The number of rotatable bonds is 10. The first-order valence-corrected chi connectivity index (χ1v) is 13.7. The van der Waals surface area contributed by atoms with E-state index in [1.807, 2.05) is 30.3 Å². The summed E-state index contributed by atoms with van der Waals surface area (Å²) in [6.07, 6.45) is 0.825. The van der Waals surface area contributed by atoms with E-state index in [1.165, 1.54) is 16.7 Å². The Morgan fingerprint density at radius 3 is 2.17 bits per heavy atom. The standard InChI is InChI=1S/C30H32ClN3OS/c1-4-34-28(25-17-13-22(3)14-18-25)27(24-15-11-21(2)12-16-24)33-30(34)36-20-8-19-32-29(35)26(31)23-9-6-5-7-10-23/h5-7,9-18,26H,4,8,19-20H2,1-3H3,(H,32,35). The Balaban J connectivity index is 1.47. The van der Waals surface area contributed by atoms with E-state index in [0.717, 1.165) is 46.4 Å². The number of thioether (sulfide) groups is 1. The number of hydrogen-bond acceptors (Lipinski definition) is 3. The van der Waals surface area contributed by atoms with Gasteiger partial charge in [0, 0.05) is 30.0 Å². The molecule has 186 valence electrons. The lowest BCUT2D eigenvalue weighted by Crippen LogP contribution is -2.28. The summed E-state index contributed by atoms with van der Waals surface area (Å²) in [5, 5.41) is 3.28. The van der Waals surface area contributed by atoms with Gasteiger partial charge in [-0.15, -0.1) is 11.6 Å². The predicted molar refractivity (Wildman–Crippen MR) is 152 cm³/mol. The van der Waals surface area contributed by atoms with Crippen molar-refractivity contribution in [2.45, 2.75) is 44.3 Å². The van der Waals surface area contributed by atoms with E-state index < -0.39 is 5.38 Å². The molecule has 36 heavy (non-hydrogen) atoms. The molecule has 0 radical (unpaired) electrons. The molecule has 1 atom stereocenters. The van der Waals surface area contributed by atoms with Gasteiger partial charge in [-0.3, -0.25) is 4.79 Å². The third-order valence-corrected chi connectivity index (χ3v) is 7.59. The second kappa shape index (κ2) is 12.3. The molecule has 0 saturated heterocycles. The van der Waals surface area contributed by atoms with E-state index >= 15 is 0 Å². The average Bonchev–Trinajstić information content (AvgIpc) is 3.27. The molecule has 1 amide bonds. The van der Waals surface area contributed by atoms with Crippen LogP contribution in [-0.2, 0) is 11.3 Å². The first-order valence-electron chi connectivity index (χ1n) is 12.3. The summed E-state index contributed by atoms with van der Waals surface area (Å²) in [5.74, 6) is 0.683. The number of halogens is 1. The Hall–Kier alpha value is -3.02. The van der Waals surface area contributed by atoms with Crippen molar-refractivity contribution in [3.05, 3.63) is 95.6 Å². The molecule has 0 bridgehead atoms. The van der Waals surface area contributed by atoms with E-state index in [0.29, 0.717) is 6.54 Å². The van der Waals surface area contributed by atoms with Gasteiger partial charge in [0.2, 0.25) is 5.91 Å². The van der Waals surface area contributed by atoms with E-state index in [1.54, 1.807) is 11.8 Å². The minimum atomic E-state index is -0.674. The van der Waals surface area contributed by atoms with Gasteiger partial charge in [0.05, 0.1) is 11.4 Å². The lowest BCUT2D eigenvalue weighted by Gasteiger charge is -2.12. The first-order chi connectivity index (χ1) is 17.5. The van der Waals surface area contributed by atoms with Crippen molar-refractivity contribution in [3.63, 3.8) is 0 Å². The number of aromatic nitrogens is 2. The van der Waals surface area contributed by atoms with Crippen molar-refractivity contribution in [3.8, 4) is 22.5 Å². The minimum absolute atomic E-state index is 0.161. The first kappa shape index (κ1) is 26.1. The summed E-state index contributed by atoms with van der Waals surface area (Å²) in [6.45, 7) is 7.76. The quantitative estimate of drug-likeness (QED) is 0.135. The summed E-state index contributed by atoms with van der Waals surface area (Å²) in [6, 6.07) is 26.6. The number of benzene rings is 3. The fraction of sp³-hybridized carbons (Fsp3) is 0.267. The zero-order valence-electron chi connectivity index (χ0n) is 21.0. The Bertz CT molecular complexity index is 1280. The molecule has 0 saturated carbocycles. The van der Waals surface area contributed by atoms with Crippen LogP contribution in [0.3, 0.4) is 0 Å². The Kier molecular flexibility index (Phi) is 8.89. The monoisotopic (exact) mass is 517 g/mol. The maximum Gasteiger partial charge on any atom is 0.242 e. The highest BCUT2D eigenvalue weighted by Gasteiger charge is 2.20. The molecule has 6 heteroatoms. The topological polar surface area (TPSA) is 46.9 Å². The number of nitrogens with one attached hydrogen (secondary N) is 1. The Morgan fingerprint density at radius 1 is 0.944 bits per heavy atom. The predicted octanol–water partition coefficient (Wildman–Crippen LogP) is 7.43. The summed E-state index contributed by atoms with van der Waals surface area (Å²) in [4.78, 5) is 17.5. The number of hydrogen-bond donors (Lipinski definition) is 1. The molecule has 4 rings (SSSR count). The molecule has 0 spiro atoms. The molecule has 1 heterocycles. The van der Waals surface area contributed by atoms with Crippen LogP contribution >= 0.6 is 23.4 Å². The molecule has 0 fully saturated rings. The van der Waals surface area contributed by atoms with Gasteiger partial charge in [-0.1, -0.05) is 102 Å². The number of aryl methyl sites for hydroxylation is 2. The fourth-order valence-corrected chi connectivity index (χ4v) is 5.29. The molecule has 3 aromatic carbocycles. The number of amides is 1. The van der Waals surface area contributed by atoms with Crippen molar-refractivity contribution in [1.29, 1.82) is 0 Å². The number of imidazole rings is 1. The van der Waals surface area contributed by atoms with Crippen LogP contribution in [0.4, 0.5) is 0 Å². The second-order valence-corrected chi connectivity index (χ2v) is 10.3. The van der Waals surface area contributed by atoms with E-state index in [-0.39, 0.29) is 5.91 Å². The van der Waals surface area contributed by atoms with Gasteiger partial charge in [0.25, 0.3) is 0 Å². The van der Waals surface area contributed by atoms with E-state index in [2.05, 4.69) is 79.2 Å². The van der Waals surface area contributed by atoms with Crippen LogP contribution in [0.1, 0.15) is 35.4 Å². The van der Waals surface area contributed by atoms with E-state index in [9.17, 15) is 4.79 Å². The van der Waals surface area contributed by atoms with Crippen LogP contribution in [0.2, 0.25) is 0 Å². The van der Waals surface area contributed by atoms with Crippen LogP contribution in [-0.4, -0.2) is 27.8 Å². The highest BCUT2D eigenvalue weighted by atomic mass is 35.5. The zero-order valence-corrected chi connectivity index (χ0v) is 22.6. The van der Waals surface area contributed by atoms with Crippen LogP contribution in [0, 0.1) is 13.8 Å². The van der Waals surface area contributed by atoms with Gasteiger partial charge < -0.3 is 9.88 Å². The largest absolute Gasteiger partial charge is 0.354 e. The maximum absolute atomic E-state index is 12.4. The third kappa shape index (κ3) is 6.21. The summed E-state index contributed by atoms with van der Waals surface area (Å²) < 4.78 is 2.30. The van der Waals surface area contributed by atoms with Crippen LogP contribution in [0.5, 0.6) is 0 Å². The van der Waals surface area contributed by atoms with Crippen molar-refractivity contribution >= 4 is 29.3 Å². The number of carbonyl (C=O) groups excluding carboxylic acids is 1. The lowest BCUT2D eigenvalue weighted by atomic mass is 10.0. The molecule has 1 N–H and O–H groups in total. The number of nitrogens with zero attached hydrogens (tertiary/aromatic N) is 2. The van der Waals surface area contributed by atoms with Crippen molar-refractivity contribution in [1.82, 2.24) is 14.9 Å². The summed E-state index contributed by atoms with van der Waals surface area (Å²) >= 11 is 8.06. The summed E-state index contributed by atoms with van der Waals surface area (Å²) in [7, 11) is 0. The van der Waals surface area contributed by atoms with Crippen LogP contribution in [0.15, 0.2) is 84.0 Å². The lowest BCUT2D eigenvalue weighted by molar-refractivity contribution is -0.120. The maximum atomic E-state index is 12.4. The van der Waals surface area contributed by atoms with Crippen LogP contribution < -0.4 is 5.32 Å². The van der Waals surface area contributed by atoms with Gasteiger partial charge >= 0.3 is 0 Å². The van der Waals surface area contributed by atoms with Gasteiger partial charge in [0.1, 0.15) is 5.38 Å². The zero-order chi connectivity index (χ0) is 25.5. The van der Waals surface area contributed by atoms with Gasteiger partial charge in [-0.25, -0.2) is 4.98 Å². The SMILES string of the molecule is CCn1c(SCCCNC(=O)C(Cl)c2ccccc2)nc(-c2ccc(C)cc2)c1-c1ccc(C)cc1. The Morgan fingerprint density at radius 2 is 1.56 bits per heavy atom. The van der Waals surface area contributed by atoms with Crippen molar-refractivity contribution in [2.24, 2.45) is 0 Å². The van der Waals surface area contributed by atoms with Crippen molar-refractivity contribution in [2.75, 3.05) is 12.3 Å². The number of carbonyl (C=O) groups is 1. The third-order valence-electron chi connectivity index (χ3n) is 6.07. The number of alkyl halides is 1. The molecule has 4 aromatic rings. The highest BCUT2D eigenvalue weighted by molar-refractivity contribution is 7.99. The second-order valence-electron chi connectivity index (χ2n) is 8.83. The fourth-order valence-electron chi connectivity index (χ4n) is 4.06. The molecule has 1 aromatic heterocycles. The van der Waals surface area contributed by atoms with Crippen LogP contribution in [0.25, 0.3) is 22.5 Å². The molecule has 0 aliphatic rings. The normalized spacial score (nSPS) is 11.9. The Labute approximate surface area is 223 Å². The average molecular weight is 518 g/mol. The van der Waals surface area contributed by atoms with Gasteiger partial charge in [-0.2, -0.15) is 0 Å². The molecule has 1 unspecified atom stereocenters. The molecule has 0 aliphatic heterocycles.